The number of aldehydes is 2. The monoisotopic (exact) mass is 438 g/mol. The second-order valence-electron chi connectivity index (χ2n) is 8.08. The van der Waals surface area contributed by atoms with Crippen LogP contribution < -0.4 is 0 Å². The van der Waals surface area contributed by atoms with Gasteiger partial charge in [-0.25, -0.2) is 0 Å². The average Bonchev–Trinajstić information content (AvgIpc) is 2.90. The Morgan fingerprint density at radius 1 is 0.353 bits per heavy atom. The van der Waals surface area contributed by atoms with Crippen LogP contribution in [-0.2, 0) is 0 Å². The van der Waals surface area contributed by atoms with Crippen molar-refractivity contribution in [2.75, 3.05) is 0 Å². The van der Waals surface area contributed by atoms with Gasteiger partial charge in [0.2, 0.25) is 0 Å². The fourth-order valence-electron chi connectivity index (χ4n) is 4.44. The van der Waals surface area contributed by atoms with E-state index in [-0.39, 0.29) is 0 Å². The van der Waals surface area contributed by atoms with Crippen LogP contribution >= 0.6 is 0 Å². The van der Waals surface area contributed by atoms with Gasteiger partial charge in [0.1, 0.15) is 0 Å². The molecule has 0 amide bonds. The summed E-state index contributed by atoms with van der Waals surface area (Å²) in [4.78, 5) is 23.0. The van der Waals surface area contributed by atoms with Crippen LogP contribution in [0, 0.1) is 0 Å². The van der Waals surface area contributed by atoms with Gasteiger partial charge in [0.05, 0.1) is 0 Å². The van der Waals surface area contributed by atoms with Crippen molar-refractivity contribution in [1.29, 1.82) is 0 Å². The lowest BCUT2D eigenvalue weighted by Gasteiger charge is -2.13. The van der Waals surface area contributed by atoms with Crippen molar-refractivity contribution >= 4 is 58.4 Å². The normalized spacial score (nSPS) is 11.5. The number of benzene rings is 5. The molecule has 0 saturated heterocycles. The molecular weight excluding hydrogens is 416 g/mol. The molecule has 5 aromatic carbocycles. The van der Waals surface area contributed by atoms with Crippen molar-refractivity contribution in [2.24, 2.45) is 0 Å². The molecule has 5 rings (SSSR count). The van der Waals surface area contributed by atoms with Crippen molar-refractivity contribution in [3.05, 3.63) is 130 Å². The van der Waals surface area contributed by atoms with Gasteiger partial charge in [0, 0.05) is 11.1 Å². The van der Waals surface area contributed by atoms with E-state index in [4.69, 9.17) is 0 Å². The topological polar surface area (TPSA) is 34.1 Å². The zero-order valence-corrected chi connectivity index (χ0v) is 18.5. The van der Waals surface area contributed by atoms with Crippen LogP contribution in [0.4, 0.5) is 0 Å². The van der Waals surface area contributed by atoms with Gasteiger partial charge in [-0.15, -0.1) is 0 Å². The summed E-state index contributed by atoms with van der Waals surface area (Å²) >= 11 is 0. The summed E-state index contributed by atoms with van der Waals surface area (Å²) in [6, 6.07) is 31.9. The highest BCUT2D eigenvalue weighted by Crippen LogP contribution is 2.35. The van der Waals surface area contributed by atoms with Gasteiger partial charge in [-0.3, -0.25) is 9.59 Å². The van der Waals surface area contributed by atoms with Crippen molar-refractivity contribution in [3.8, 4) is 0 Å². The molecule has 0 aliphatic carbocycles. The first-order chi connectivity index (χ1) is 16.8. The standard InChI is InChI=1S/C32H22O2/c33-21-25-11-3-1-9-23(25)17-19-31-27-13-5-7-15-29(27)32(30-16-8-6-14-28(30)31)20-18-24-10-2-4-12-26(24)22-34/h1-22H. The Labute approximate surface area is 198 Å². The third-order valence-electron chi connectivity index (χ3n) is 6.12. The van der Waals surface area contributed by atoms with Crippen LogP contribution in [0.5, 0.6) is 0 Å². The first kappa shape index (κ1) is 21.3. The molecule has 0 heterocycles. The Morgan fingerprint density at radius 3 is 0.971 bits per heavy atom. The maximum atomic E-state index is 11.5. The Balaban J connectivity index is 1.73. The van der Waals surface area contributed by atoms with Crippen molar-refractivity contribution < 1.29 is 9.59 Å². The summed E-state index contributed by atoms with van der Waals surface area (Å²) in [5.74, 6) is 0. The van der Waals surface area contributed by atoms with Crippen LogP contribution in [0.15, 0.2) is 97.1 Å². The fraction of sp³-hybridized carbons (Fsp3) is 0. The molecule has 0 aliphatic heterocycles. The van der Waals surface area contributed by atoms with E-state index in [1.54, 1.807) is 0 Å². The zero-order valence-electron chi connectivity index (χ0n) is 18.5. The SMILES string of the molecule is O=Cc1ccccc1C=Cc1c2ccccc2c(C=Cc2ccccc2C=O)c2ccccc12. The molecule has 0 saturated carbocycles. The first-order valence-electron chi connectivity index (χ1n) is 11.2. The summed E-state index contributed by atoms with van der Waals surface area (Å²) in [6.07, 6.45) is 9.99. The third kappa shape index (κ3) is 3.98. The first-order valence-corrected chi connectivity index (χ1v) is 11.2. The minimum atomic E-state index is 0.667. The minimum Gasteiger partial charge on any atom is -0.298 e. The second-order valence-corrected chi connectivity index (χ2v) is 8.08. The summed E-state index contributed by atoms with van der Waals surface area (Å²) in [6.45, 7) is 0. The van der Waals surface area contributed by atoms with Crippen molar-refractivity contribution in [1.82, 2.24) is 0 Å². The van der Waals surface area contributed by atoms with Crippen molar-refractivity contribution in [2.45, 2.75) is 0 Å². The van der Waals surface area contributed by atoms with Gasteiger partial charge in [-0.1, -0.05) is 121 Å². The highest BCUT2D eigenvalue weighted by Gasteiger charge is 2.11. The molecule has 0 fully saturated rings. The number of fused-ring (bicyclic) bond motifs is 2. The molecule has 0 N–H and O–H groups in total. The Hall–Kier alpha value is -4.56. The maximum Gasteiger partial charge on any atom is 0.150 e. The quantitative estimate of drug-likeness (QED) is 0.153. The summed E-state index contributed by atoms with van der Waals surface area (Å²) < 4.78 is 0. The Morgan fingerprint density at radius 2 is 0.647 bits per heavy atom. The molecule has 162 valence electrons. The summed E-state index contributed by atoms with van der Waals surface area (Å²) in [5, 5.41) is 4.52. The predicted molar refractivity (Wildman–Crippen MR) is 143 cm³/mol. The summed E-state index contributed by atoms with van der Waals surface area (Å²) in [7, 11) is 0. The molecular formula is C32H22O2. The molecule has 34 heavy (non-hydrogen) atoms. The van der Waals surface area contributed by atoms with Crippen molar-refractivity contribution in [3.63, 3.8) is 0 Å². The summed E-state index contributed by atoms with van der Waals surface area (Å²) in [5.41, 5.74) is 5.33. The number of carbonyl (C=O) groups excluding carboxylic acids is 2. The lowest BCUT2D eigenvalue weighted by molar-refractivity contribution is 0.111. The van der Waals surface area contributed by atoms with E-state index >= 15 is 0 Å². The van der Waals surface area contributed by atoms with Gasteiger partial charge >= 0.3 is 0 Å². The van der Waals surface area contributed by atoms with E-state index in [1.165, 1.54) is 0 Å². The van der Waals surface area contributed by atoms with E-state index in [9.17, 15) is 9.59 Å². The number of carbonyl (C=O) groups is 2. The highest BCUT2D eigenvalue weighted by atomic mass is 16.1. The molecule has 2 heteroatoms. The lowest BCUT2D eigenvalue weighted by Crippen LogP contribution is -1.90. The molecule has 2 nitrogen and oxygen atoms in total. The molecule has 5 aromatic rings. The maximum absolute atomic E-state index is 11.5. The molecule has 0 aliphatic rings. The van der Waals surface area contributed by atoms with Gasteiger partial charge in [-0.05, 0) is 43.8 Å². The Kier molecular flexibility index (Phi) is 5.96. The number of hydrogen-bond donors (Lipinski definition) is 0. The third-order valence-corrected chi connectivity index (χ3v) is 6.12. The number of hydrogen-bond acceptors (Lipinski definition) is 2. The van der Waals surface area contributed by atoms with E-state index < -0.39 is 0 Å². The van der Waals surface area contributed by atoms with E-state index in [1.807, 2.05) is 84.9 Å². The smallest absolute Gasteiger partial charge is 0.150 e. The fourth-order valence-corrected chi connectivity index (χ4v) is 4.44. The van der Waals surface area contributed by atoms with E-state index in [0.717, 1.165) is 56.4 Å². The van der Waals surface area contributed by atoms with Gasteiger partial charge in [-0.2, -0.15) is 0 Å². The average molecular weight is 439 g/mol. The van der Waals surface area contributed by atoms with E-state index in [0.29, 0.717) is 11.1 Å². The number of rotatable bonds is 6. The van der Waals surface area contributed by atoms with Crippen LogP contribution in [0.2, 0.25) is 0 Å². The van der Waals surface area contributed by atoms with Crippen LogP contribution in [0.3, 0.4) is 0 Å². The minimum absolute atomic E-state index is 0.667. The Bertz CT molecular complexity index is 1410. The van der Waals surface area contributed by atoms with Crippen LogP contribution in [-0.4, -0.2) is 12.6 Å². The van der Waals surface area contributed by atoms with Crippen LogP contribution in [0.1, 0.15) is 43.0 Å². The molecule has 0 radical (unpaired) electrons. The zero-order chi connectivity index (χ0) is 23.3. The second kappa shape index (κ2) is 9.51. The van der Waals surface area contributed by atoms with Gasteiger partial charge in [0.15, 0.2) is 12.6 Å². The molecule has 0 bridgehead atoms. The molecule has 0 spiro atoms. The highest BCUT2D eigenvalue weighted by molar-refractivity contribution is 6.14. The predicted octanol–water partition coefficient (Wildman–Crippen LogP) is 7.96. The van der Waals surface area contributed by atoms with E-state index in [2.05, 4.69) is 36.4 Å². The van der Waals surface area contributed by atoms with Gasteiger partial charge < -0.3 is 0 Å². The molecule has 0 aromatic heterocycles. The van der Waals surface area contributed by atoms with Crippen LogP contribution in [0.25, 0.3) is 45.8 Å². The molecule has 0 unspecified atom stereocenters. The lowest BCUT2D eigenvalue weighted by atomic mass is 9.90. The van der Waals surface area contributed by atoms with Gasteiger partial charge in [0.25, 0.3) is 0 Å². The molecule has 0 atom stereocenters. The largest absolute Gasteiger partial charge is 0.298 e.